The number of halogens is 3. The van der Waals surface area contributed by atoms with Gasteiger partial charge in [0, 0.05) is 21.5 Å². The number of nitrogens with zero attached hydrogens (tertiary/aromatic N) is 2. The van der Waals surface area contributed by atoms with Crippen LogP contribution in [0, 0.1) is 23.0 Å². The van der Waals surface area contributed by atoms with Crippen LogP contribution in [0.4, 0.5) is 8.78 Å². The second kappa shape index (κ2) is 6.91. The summed E-state index contributed by atoms with van der Waals surface area (Å²) in [6.07, 6.45) is 1.18. The van der Waals surface area contributed by atoms with Gasteiger partial charge in [-0.3, -0.25) is 0 Å². The third-order valence-electron chi connectivity index (χ3n) is 3.28. The van der Waals surface area contributed by atoms with E-state index in [2.05, 4.69) is 4.98 Å². The number of rotatable bonds is 3. The van der Waals surface area contributed by atoms with Crippen molar-refractivity contribution in [1.29, 1.82) is 5.26 Å². The normalized spacial score (nSPS) is 11.3. The fourth-order valence-electron chi connectivity index (χ4n) is 2.09. The van der Waals surface area contributed by atoms with Crippen LogP contribution in [0.15, 0.2) is 47.8 Å². The van der Waals surface area contributed by atoms with E-state index in [9.17, 15) is 14.0 Å². The predicted molar refractivity (Wildman–Crippen MR) is 92.4 cm³/mol. The van der Waals surface area contributed by atoms with Crippen molar-refractivity contribution in [3.8, 4) is 17.3 Å². The quantitative estimate of drug-likeness (QED) is 0.554. The number of allylic oxidation sites excluding steroid dienone is 1. The van der Waals surface area contributed by atoms with Crippen LogP contribution < -0.4 is 0 Å². The van der Waals surface area contributed by atoms with E-state index in [1.165, 1.54) is 23.5 Å². The molecule has 0 spiro atoms. The minimum absolute atomic E-state index is 0.101. The lowest BCUT2D eigenvalue weighted by molar-refractivity contribution is 0.579. The zero-order valence-corrected chi connectivity index (χ0v) is 13.7. The van der Waals surface area contributed by atoms with E-state index in [4.69, 9.17) is 11.6 Å². The number of aromatic nitrogens is 1. The van der Waals surface area contributed by atoms with Crippen LogP contribution in [-0.2, 0) is 0 Å². The number of benzene rings is 2. The van der Waals surface area contributed by atoms with Crippen molar-refractivity contribution in [3.05, 3.63) is 75.1 Å². The monoisotopic (exact) mass is 358 g/mol. The molecule has 2 nitrogen and oxygen atoms in total. The molecule has 0 unspecified atom stereocenters. The van der Waals surface area contributed by atoms with E-state index < -0.39 is 11.6 Å². The van der Waals surface area contributed by atoms with Crippen LogP contribution in [0.5, 0.6) is 0 Å². The Balaban J connectivity index is 2.00. The molecule has 0 aliphatic heterocycles. The van der Waals surface area contributed by atoms with Gasteiger partial charge in [0.1, 0.15) is 22.7 Å². The fourth-order valence-corrected chi connectivity index (χ4v) is 3.01. The number of thiazole rings is 1. The van der Waals surface area contributed by atoms with E-state index in [1.54, 1.807) is 17.5 Å². The Kier molecular flexibility index (Phi) is 4.70. The summed E-state index contributed by atoms with van der Waals surface area (Å²) in [4.78, 5) is 4.38. The van der Waals surface area contributed by atoms with Crippen LogP contribution in [0.3, 0.4) is 0 Å². The smallest absolute Gasteiger partial charge is 0.134 e. The van der Waals surface area contributed by atoms with Gasteiger partial charge in [0.15, 0.2) is 0 Å². The number of hydrogen-bond acceptors (Lipinski definition) is 3. The summed E-state index contributed by atoms with van der Waals surface area (Å²) in [6.45, 7) is 0. The topological polar surface area (TPSA) is 36.7 Å². The Morgan fingerprint density at radius 1 is 1.12 bits per heavy atom. The predicted octanol–water partition coefficient (Wildman–Crippen LogP) is 5.81. The van der Waals surface area contributed by atoms with Crippen LogP contribution in [0.2, 0.25) is 5.02 Å². The number of hydrogen-bond donors (Lipinski definition) is 0. The molecule has 2 aromatic carbocycles. The van der Waals surface area contributed by atoms with Gasteiger partial charge in [-0.15, -0.1) is 11.3 Å². The van der Waals surface area contributed by atoms with Gasteiger partial charge < -0.3 is 0 Å². The van der Waals surface area contributed by atoms with E-state index in [0.717, 1.165) is 17.7 Å². The standard InChI is InChI=1S/C18H9ClF2N2S/c19-13-6-4-11(5-7-13)17-10-24-18(23-17)12(9-22)8-14-15(20)2-1-3-16(14)21/h1-8,10H/b12-8+. The zero-order chi connectivity index (χ0) is 17.1. The SMILES string of the molecule is N#C/C(=C\c1c(F)cccc1F)c1nc(-c2ccc(Cl)cc2)cs1. The first-order valence-corrected chi connectivity index (χ1v) is 8.12. The molecule has 6 heteroatoms. The van der Waals surface area contributed by atoms with Crippen molar-refractivity contribution in [2.45, 2.75) is 0 Å². The summed E-state index contributed by atoms with van der Waals surface area (Å²) < 4.78 is 27.5. The zero-order valence-electron chi connectivity index (χ0n) is 12.1. The van der Waals surface area contributed by atoms with Gasteiger partial charge in [-0.25, -0.2) is 13.8 Å². The van der Waals surface area contributed by atoms with E-state index in [-0.39, 0.29) is 11.1 Å². The highest BCUT2D eigenvalue weighted by molar-refractivity contribution is 7.11. The van der Waals surface area contributed by atoms with Crippen molar-refractivity contribution in [1.82, 2.24) is 4.98 Å². The van der Waals surface area contributed by atoms with Crippen molar-refractivity contribution >= 4 is 34.6 Å². The van der Waals surface area contributed by atoms with E-state index in [0.29, 0.717) is 15.7 Å². The van der Waals surface area contributed by atoms with Crippen molar-refractivity contribution in [2.75, 3.05) is 0 Å². The highest BCUT2D eigenvalue weighted by Crippen LogP contribution is 2.28. The molecule has 1 heterocycles. The lowest BCUT2D eigenvalue weighted by Gasteiger charge is -2.00. The molecule has 0 N–H and O–H groups in total. The third-order valence-corrected chi connectivity index (χ3v) is 4.41. The molecule has 0 aliphatic carbocycles. The molecule has 0 amide bonds. The summed E-state index contributed by atoms with van der Waals surface area (Å²) in [5.74, 6) is -1.45. The molecule has 0 aliphatic rings. The summed E-state index contributed by atoms with van der Waals surface area (Å²) in [6, 6.07) is 12.6. The Labute approximate surface area is 146 Å². The Morgan fingerprint density at radius 3 is 2.42 bits per heavy atom. The lowest BCUT2D eigenvalue weighted by Crippen LogP contribution is -1.89. The maximum absolute atomic E-state index is 13.7. The van der Waals surface area contributed by atoms with Gasteiger partial charge in [-0.1, -0.05) is 29.8 Å². The molecule has 0 fully saturated rings. The Morgan fingerprint density at radius 2 is 1.79 bits per heavy atom. The summed E-state index contributed by atoms with van der Waals surface area (Å²) >= 11 is 7.09. The third kappa shape index (κ3) is 3.35. The second-order valence-electron chi connectivity index (χ2n) is 4.85. The van der Waals surface area contributed by atoms with Gasteiger partial charge in [-0.05, 0) is 30.3 Å². The number of nitriles is 1. The van der Waals surface area contributed by atoms with Gasteiger partial charge in [0.25, 0.3) is 0 Å². The molecule has 0 bridgehead atoms. The first kappa shape index (κ1) is 16.3. The maximum atomic E-state index is 13.7. The highest BCUT2D eigenvalue weighted by Gasteiger charge is 2.12. The van der Waals surface area contributed by atoms with E-state index in [1.807, 2.05) is 18.2 Å². The Bertz CT molecular complexity index is 936. The molecule has 3 aromatic rings. The summed E-state index contributed by atoms with van der Waals surface area (Å²) in [5.41, 5.74) is 1.36. The lowest BCUT2D eigenvalue weighted by atomic mass is 10.1. The largest absolute Gasteiger partial charge is 0.235 e. The minimum Gasteiger partial charge on any atom is -0.235 e. The van der Waals surface area contributed by atoms with Gasteiger partial charge in [0.05, 0.1) is 11.3 Å². The molecule has 0 saturated carbocycles. The molecule has 0 saturated heterocycles. The van der Waals surface area contributed by atoms with Gasteiger partial charge in [-0.2, -0.15) is 5.26 Å². The highest BCUT2D eigenvalue weighted by atomic mass is 35.5. The summed E-state index contributed by atoms with van der Waals surface area (Å²) in [7, 11) is 0. The summed E-state index contributed by atoms with van der Waals surface area (Å²) in [5, 5.41) is 12.1. The van der Waals surface area contributed by atoms with Crippen molar-refractivity contribution in [3.63, 3.8) is 0 Å². The molecule has 3 rings (SSSR count). The molecular formula is C18H9ClF2N2S. The van der Waals surface area contributed by atoms with Crippen LogP contribution in [0.25, 0.3) is 22.9 Å². The first-order chi connectivity index (χ1) is 11.6. The van der Waals surface area contributed by atoms with Gasteiger partial charge in [0.2, 0.25) is 0 Å². The second-order valence-corrected chi connectivity index (χ2v) is 6.14. The fraction of sp³-hybridized carbons (Fsp3) is 0. The van der Waals surface area contributed by atoms with E-state index >= 15 is 0 Å². The van der Waals surface area contributed by atoms with Crippen LogP contribution >= 0.6 is 22.9 Å². The van der Waals surface area contributed by atoms with Crippen molar-refractivity contribution < 1.29 is 8.78 Å². The molecule has 1 aromatic heterocycles. The first-order valence-electron chi connectivity index (χ1n) is 6.86. The Hall–Kier alpha value is -2.55. The van der Waals surface area contributed by atoms with Crippen LogP contribution in [-0.4, -0.2) is 4.98 Å². The average molecular weight is 359 g/mol. The van der Waals surface area contributed by atoms with Crippen molar-refractivity contribution in [2.24, 2.45) is 0 Å². The molecule has 0 atom stereocenters. The molecular weight excluding hydrogens is 350 g/mol. The minimum atomic E-state index is -0.725. The van der Waals surface area contributed by atoms with Gasteiger partial charge >= 0.3 is 0 Å². The molecule has 0 radical (unpaired) electrons. The average Bonchev–Trinajstić information content (AvgIpc) is 3.05. The maximum Gasteiger partial charge on any atom is 0.134 e. The molecule has 24 heavy (non-hydrogen) atoms. The van der Waals surface area contributed by atoms with Crippen LogP contribution in [0.1, 0.15) is 10.6 Å². The molecule has 118 valence electrons.